The Labute approximate surface area is 148 Å². The maximum absolute atomic E-state index is 13.0. The largest absolute Gasteiger partial charge is 0.416 e. The smallest absolute Gasteiger partial charge is 0.309 e. The highest BCUT2D eigenvalue weighted by Crippen LogP contribution is 2.45. The van der Waals surface area contributed by atoms with E-state index < -0.39 is 23.6 Å². The van der Waals surface area contributed by atoms with Gasteiger partial charge in [0, 0.05) is 17.5 Å². The van der Waals surface area contributed by atoms with Crippen molar-refractivity contribution in [2.45, 2.75) is 24.4 Å². The molecule has 0 saturated heterocycles. The molecule has 0 aromatic heterocycles. The van der Waals surface area contributed by atoms with Crippen LogP contribution in [0.15, 0.2) is 54.6 Å². The lowest BCUT2D eigenvalue weighted by molar-refractivity contribution is -0.137. The summed E-state index contributed by atoms with van der Waals surface area (Å²) in [6.45, 7) is 0. The predicted molar refractivity (Wildman–Crippen MR) is 93.2 cm³/mol. The summed E-state index contributed by atoms with van der Waals surface area (Å²) in [7, 11) is 0. The Morgan fingerprint density at radius 3 is 2.58 bits per heavy atom. The second-order valence-electron chi connectivity index (χ2n) is 6.81. The summed E-state index contributed by atoms with van der Waals surface area (Å²) >= 11 is 0. The Balaban J connectivity index is 1.66. The lowest BCUT2D eigenvalue weighted by Crippen LogP contribution is -2.19. The van der Waals surface area contributed by atoms with Crippen molar-refractivity contribution in [2.24, 2.45) is 5.92 Å². The minimum absolute atomic E-state index is 0.116. The van der Waals surface area contributed by atoms with Crippen LogP contribution in [0, 0.1) is 11.3 Å². The van der Waals surface area contributed by atoms with E-state index in [1.165, 1.54) is 12.1 Å². The number of fused-ring (bicyclic) bond motifs is 1. The molecular formula is C21H16F3NO. The Morgan fingerprint density at radius 2 is 1.81 bits per heavy atom. The van der Waals surface area contributed by atoms with Gasteiger partial charge in [0.05, 0.1) is 11.5 Å². The van der Waals surface area contributed by atoms with Gasteiger partial charge in [-0.15, -0.1) is 0 Å². The molecule has 3 atom stereocenters. The normalized spacial score (nSPS) is 25.0. The first-order valence-electron chi connectivity index (χ1n) is 8.41. The number of carbonyl (C=O) groups excluding carboxylic acids is 1. The van der Waals surface area contributed by atoms with E-state index in [1.807, 2.05) is 36.4 Å². The first-order valence-corrected chi connectivity index (χ1v) is 8.41. The summed E-state index contributed by atoms with van der Waals surface area (Å²) in [6, 6.07) is 12.6. The zero-order valence-corrected chi connectivity index (χ0v) is 13.8. The van der Waals surface area contributed by atoms with Crippen molar-refractivity contribution in [1.29, 1.82) is 5.41 Å². The quantitative estimate of drug-likeness (QED) is 0.789. The fourth-order valence-electron chi connectivity index (χ4n) is 4.03. The van der Waals surface area contributed by atoms with Gasteiger partial charge in [0.1, 0.15) is 5.78 Å². The van der Waals surface area contributed by atoms with Gasteiger partial charge in [0.15, 0.2) is 0 Å². The maximum atomic E-state index is 13.0. The fraction of sp³-hybridized carbons (Fsp3) is 0.238. The van der Waals surface area contributed by atoms with Crippen LogP contribution in [0.25, 0.3) is 6.08 Å². The molecule has 1 fully saturated rings. The van der Waals surface area contributed by atoms with E-state index in [-0.39, 0.29) is 29.4 Å². The van der Waals surface area contributed by atoms with E-state index >= 15 is 0 Å². The van der Waals surface area contributed by atoms with Crippen molar-refractivity contribution < 1.29 is 18.0 Å². The highest BCUT2D eigenvalue weighted by atomic mass is 19.4. The van der Waals surface area contributed by atoms with E-state index in [1.54, 1.807) is 0 Å². The summed E-state index contributed by atoms with van der Waals surface area (Å²) < 4.78 is 39.0. The number of ketones is 1. The highest BCUT2D eigenvalue weighted by Gasteiger charge is 2.44. The molecule has 26 heavy (non-hydrogen) atoms. The molecule has 0 heterocycles. The SMILES string of the molecule is N=C1CC(C2C=Cc3ccccc32)C(=O)C1c1cccc(C(F)(F)F)c1. The second kappa shape index (κ2) is 5.94. The number of hydrogen-bond donors (Lipinski definition) is 1. The standard InChI is InChI=1S/C21H16F3NO/c22-21(23,24)14-6-3-5-13(10-14)19-18(25)11-17(20(19)26)16-9-8-12-4-1-2-7-15(12)16/h1-10,16-17,19,25H,11H2. The highest BCUT2D eigenvalue weighted by molar-refractivity contribution is 6.16. The third-order valence-corrected chi connectivity index (χ3v) is 5.26. The summed E-state index contributed by atoms with van der Waals surface area (Å²) in [4.78, 5) is 13.0. The van der Waals surface area contributed by atoms with Gasteiger partial charge in [-0.1, -0.05) is 54.6 Å². The summed E-state index contributed by atoms with van der Waals surface area (Å²) in [5.41, 5.74) is 1.76. The van der Waals surface area contributed by atoms with Crippen LogP contribution in [0.3, 0.4) is 0 Å². The molecule has 5 heteroatoms. The number of hydrogen-bond acceptors (Lipinski definition) is 2. The Kier molecular flexibility index (Phi) is 3.83. The first-order chi connectivity index (χ1) is 12.4. The molecule has 1 saturated carbocycles. The van der Waals surface area contributed by atoms with E-state index in [2.05, 4.69) is 0 Å². The number of nitrogens with one attached hydrogen (secondary N) is 1. The first kappa shape index (κ1) is 16.8. The molecule has 0 bridgehead atoms. The van der Waals surface area contributed by atoms with Gasteiger partial charge in [-0.25, -0.2) is 0 Å². The van der Waals surface area contributed by atoms with E-state index in [0.29, 0.717) is 0 Å². The molecule has 2 aliphatic rings. The van der Waals surface area contributed by atoms with Gasteiger partial charge in [-0.3, -0.25) is 4.79 Å². The molecule has 4 rings (SSSR count). The Morgan fingerprint density at radius 1 is 1.04 bits per heavy atom. The molecule has 0 aliphatic heterocycles. The number of alkyl halides is 3. The Bertz CT molecular complexity index is 929. The van der Waals surface area contributed by atoms with Crippen molar-refractivity contribution in [3.8, 4) is 0 Å². The molecule has 0 spiro atoms. The van der Waals surface area contributed by atoms with Gasteiger partial charge < -0.3 is 5.41 Å². The zero-order valence-electron chi connectivity index (χ0n) is 13.8. The van der Waals surface area contributed by atoms with Gasteiger partial charge in [-0.2, -0.15) is 13.2 Å². The number of Topliss-reactive ketones (excluding diaryl/α,β-unsaturated/α-hetero) is 1. The van der Waals surface area contributed by atoms with Gasteiger partial charge in [0.2, 0.25) is 0 Å². The third-order valence-electron chi connectivity index (χ3n) is 5.26. The lowest BCUT2D eigenvalue weighted by Gasteiger charge is -2.18. The monoisotopic (exact) mass is 355 g/mol. The number of halogens is 3. The maximum Gasteiger partial charge on any atom is 0.416 e. The molecule has 0 radical (unpaired) electrons. The number of rotatable bonds is 2. The van der Waals surface area contributed by atoms with Crippen LogP contribution in [0.1, 0.15) is 40.5 Å². The van der Waals surface area contributed by atoms with Crippen LogP contribution in [0.2, 0.25) is 0 Å². The number of benzene rings is 2. The fourth-order valence-corrected chi connectivity index (χ4v) is 4.03. The molecule has 2 aliphatic carbocycles. The van der Waals surface area contributed by atoms with Crippen LogP contribution < -0.4 is 0 Å². The molecule has 2 nitrogen and oxygen atoms in total. The van der Waals surface area contributed by atoms with Gasteiger partial charge in [-0.05, 0) is 29.2 Å². The van der Waals surface area contributed by atoms with Crippen molar-refractivity contribution >= 4 is 17.6 Å². The van der Waals surface area contributed by atoms with Crippen LogP contribution in [-0.2, 0) is 11.0 Å². The number of allylic oxidation sites excluding steroid dienone is 1. The third kappa shape index (κ3) is 2.68. The number of carbonyl (C=O) groups is 1. The summed E-state index contributed by atoms with van der Waals surface area (Å²) in [5, 5.41) is 8.25. The molecule has 132 valence electrons. The van der Waals surface area contributed by atoms with E-state index in [4.69, 9.17) is 5.41 Å². The molecule has 1 N–H and O–H groups in total. The van der Waals surface area contributed by atoms with Crippen LogP contribution in [-0.4, -0.2) is 11.5 Å². The van der Waals surface area contributed by atoms with Gasteiger partial charge >= 0.3 is 6.18 Å². The second-order valence-corrected chi connectivity index (χ2v) is 6.81. The summed E-state index contributed by atoms with van der Waals surface area (Å²) in [5.74, 6) is -1.57. The topological polar surface area (TPSA) is 40.9 Å². The van der Waals surface area contributed by atoms with Gasteiger partial charge in [0.25, 0.3) is 0 Å². The van der Waals surface area contributed by atoms with Crippen molar-refractivity contribution in [2.75, 3.05) is 0 Å². The molecular weight excluding hydrogens is 339 g/mol. The minimum atomic E-state index is -4.47. The Hall–Kier alpha value is -2.69. The minimum Gasteiger partial charge on any atom is -0.309 e. The average molecular weight is 355 g/mol. The predicted octanol–water partition coefficient (Wildman–Crippen LogP) is 5.21. The van der Waals surface area contributed by atoms with Crippen molar-refractivity contribution in [1.82, 2.24) is 0 Å². The summed E-state index contributed by atoms with van der Waals surface area (Å²) in [6.07, 6.45) is -0.251. The molecule has 3 unspecified atom stereocenters. The van der Waals surface area contributed by atoms with Crippen LogP contribution in [0.4, 0.5) is 13.2 Å². The van der Waals surface area contributed by atoms with E-state index in [9.17, 15) is 18.0 Å². The average Bonchev–Trinajstić information content (AvgIpc) is 3.15. The van der Waals surface area contributed by atoms with Crippen LogP contribution in [0.5, 0.6) is 0 Å². The van der Waals surface area contributed by atoms with Crippen molar-refractivity contribution in [3.63, 3.8) is 0 Å². The molecule has 2 aromatic carbocycles. The molecule has 2 aromatic rings. The zero-order chi connectivity index (χ0) is 18.5. The molecule has 0 amide bonds. The van der Waals surface area contributed by atoms with Crippen molar-refractivity contribution in [3.05, 3.63) is 76.9 Å². The van der Waals surface area contributed by atoms with Crippen LogP contribution >= 0.6 is 0 Å². The van der Waals surface area contributed by atoms with E-state index in [0.717, 1.165) is 23.3 Å². The lowest BCUT2D eigenvalue weighted by atomic mass is 9.84.